The zero-order chi connectivity index (χ0) is 15.3. The number of benzene rings is 1. The van der Waals surface area contributed by atoms with Crippen molar-refractivity contribution in [2.45, 2.75) is 6.42 Å². The van der Waals surface area contributed by atoms with E-state index in [1.165, 1.54) is 26.4 Å². The molecule has 0 aromatic heterocycles. The standard InChI is InChI=1S/C12H12ClNO6.Na/c1-19-9-4-7(10(20-2)3-6(9)13)14-11(16)5-8(15)12(17)18;/h3-4H,5H2,1-2H3,(H,14,16)(H,17,18);/q;+1/p-1. The first kappa shape index (κ1) is 19.7. The zero-order valence-electron chi connectivity index (χ0n) is 11.7. The van der Waals surface area contributed by atoms with Gasteiger partial charge in [-0.25, -0.2) is 4.79 Å². The Morgan fingerprint density at radius 3 is 2.33 bits per heavy atom. The van der Waals surface area contributed by atoms with E-state index in [1.54, 1.807) is 0 Å². The number of halogens is 1. The molecule has 21 heavy (non-hydrogen) atoms. The van der Waals surface area contributed by atoms with E-state index >= 15 is 0 Å². The number of carbonyl (C=O) groups excluding carboxylic acids is 1. The molecule has 108 valence electrons. The van der Waals surface area contributed by atoms with Crippen molar-refractivity contribution in [1.82, 2.24) is 0 Å². The molecule has 0 bridgehead atoms. The van der Waals surface area contributed by atoms with Gasteiger partial charge in [0.05, 0.1) is 19.2 Å². The third-order valence-electron chi connectivity index (χ3n) is 2.25. The summed E-state index contributed by atoms with van der Waals surface area (Å²) in [5.74, 6) is -3.36. The van der Waals surface area contributed by atoms with Gasteiger partial charge in [-0.15, -0.1) is 0 Å². The Morgan fingerprint density at radius 2 is 1.86 bits per heavy atom. The summed E-state index contributed by atoms with van der Waals surface area (Å²) in [6.07, 6.45) is -0.830. The van der Waals surface area contributed by atoms with Gasteiger partial charge < -0.3 is 19.7 Å². The van der Waals surface area contributed by atoms with Gasteiger partial charge >= 0.3 is 35.5 Å². The molecule has 9 heteroatoms. The monoisotopic (exact) mass is 323 g/mol. The molecule has 0 spiro atoms. The number of carboxylic acids is 1. The SMILES string of the molecule is COc1cc(N=C([O-])CC(=O)C(=O)O)c(OC)cc1Cl.[Na+]. The van der Waals surface area contributed by atoms with E-state index in [1.807, 2.05) is 0 Å². The predicted molar refractivity (Wildman–Crippen MR) is 68.9 cm³/mol. The summed E-state index contributed by atoms with van der Waals surface area (Å²) < 4.78 is 9.96. The molecule has 1 rings (SSSR count). The quantitative estimate of drug-likeness (QED) is 0.275. The molecule has 0 aliphatic rings. The average molecular weight is 324 g/mol. The Kier molecular flexibility index (Phi) is 8.34. The van der Waals surface area contributed by atoms with Gasteiger partial charge in [0.15, 0.2) is 0 Å². The van der Waals surface area contributed by atoms with Crippen molar-refractivity contribution < 1.29 is 58.8 Å². The fourth-order valence-corrected chi connectivity index (χ4v) is 1.55. The van der Waals surface area contributed by atoms with Gasteiger partial charge in [0.1, 0.15) is 17.2 Å². The van der Waals surface area contributed by atoms with Crippen LogP contribution in [-0.2, 0) is 9.59 Å². The number of hydrogen-bond acceptors (Lipinski definition) is 6. The number of carbonyl (C=O) groups is 2. The molecule has 0 atom stereocenters. The van der Waals surface area contributed by atoms with E-state index in [4.69, 9.17) is 26.2 Å². The maximum Gasteiger partial charge on any atom is 1.00 e. The van der Waals surface area contributed by atoms with Crippen molar-refractivity contribution in [3.63, 3.8) is 0 Å². The topological polar surface area (TPSA) is 108 Å². The fraction of sp³-hybridized carbons (Fsp3) is 0.250. The molecule has 0 aliphatic carbocycles. The first-order chi connectivity index (χ1) is 9.38. The molecule has 1 aromatic rings. The summed E-state index contributed by atoms with van der Waals surface area (Å²) in [6, 6.07) is 2.75. The van der Waals surface area contributed by atoms with Crippen molar-refractivity contribution in [2.24, 2.45) is 4.99 Å². The smallest absolute Gasteiger partial charge is 0.861 e. The summed E-state index contributed by atoms with van der Waals surface area (Å²) in [7, 11) is 2.73. The van der Waals surface area contributed by atoms with Crippen molar-refractivity contribution in [2.75, 3.05) is 14.2 Å². The van der Waals surface area contributed by atoms with E-state index in [9.17, 15) is 14.7 Å². The van der Waals surface area contributed by atoms with Crippen LogP contribution < -0.4 is 44.1 Å². The zero-order valence-corrected chi connectivity index (χ0v) is 14.4. The molecule has 1 aromatic carbocycles. The van der Waals surface area contributed by atoms with Gasteiger partial charge in [0.2, 0.25) is 5.78 Å². The Morgan fingerprint density at radius 1 is 1.29 bits per heavy atom. The van der Waals surface area contributed by atoms with Crippen LogP contribution in [0.2, 0.25) is 5.02 Å². The number of carboxylic acid groups (broad SMARTS) is 1. The van der Waals surface area contributed by atoms with Crippen molar-refractivity contribution >= 4 is 34.9 Å². The molecular formula is C12H11ClNNaO6. The van der Waals surface area contributed by atoms with E-state index in [0.29, 0.717) is 0 Å². The molecule has 0 saturated heterocycles. The van der Waals surface area contributed by atoms with Crippen LogP contribution >= 0.6 is 11.6 Å². The Bertz CT molecular complexity index is 575. The number of rotatable bonds is 6. The number of methoxy groups -OCH3 is 2. The van der Waals surface area contributed by atoms with Gasteiger partial charge in [-0.3, -0.25) is 9.79 Å². The van der Waals surface area contributed by atoms with Crippen LogP contribution in [0.25, 0.3) is 0 Å². The summed E-state index contributed by atoms with van der Waals surface area (Å²) in [5, 5.41) is 20.2. The van der Waals surface area contributed by atoms with E-state index in [-0.39, 0.29) is 51.8 Å². The minimum atomic E-state index is -1.69. The number of Topliss-reactive ketones (excluding diaryl/α,β-unsaturated/α-hetero) is 1. The van der Waals surface area contributed by atoms with Crippen LogP contribution in [0.15, 0.2) is 17.1 Å². The molecule has 0 saturated carbocycles. The fourth-order valence-electron chi connectivity index (χ4n) is 1.32. The van der Waals surface area contributed by atoms with Crippen LogP contribution in [0.1, 0.15) is 6.42 Å². The van der Waals surface area contributed by atoms with Crippen molar-refractivity contribution in [3.8, 4) is 11.5 Å². The minimum Gasteiger partial charge on any atom is -0.861 e. The van der Waals surface area contributed by atoms with Crippen LogP contribution in [-0.4, -0.2) is 37.0 Å². The third kappa shape index (κ3) is 5.55. The molecule has 0 unspecified atom stereocenters. The van der Waals surface area contributed by atoms with Crippen LogP contribution in [0.5, 0.6) is 11.5 Å². The Balaban J connectivity index is 0.00000400. The number of aliphatic carboxylic acids is 1. The van der Waals surface area contributed by atoms with E-state index < -0.39 is 24.1 Å². The van der Waals surface area contributed by atoms with E-state index in [0.717, 1.165) is 0 Å². The first-order valence-electron chi connectivity index (χ1n) is 5.31. The van der Waals surface area contributed by atoms with Crippen LogP contribution in [0.3, 0.4) is 0 Å². The summed E-state index contributed by atoms with van der Waals surface area (Å²) in [4.78, 5) is 24.9. The molecule has 1 N–H and O–H groups in total. The van der Waals surface area contributed by atoms with E-state index in [2.05, 4.69) is 4.99 Å². The number of nitrogens with zero attached hydrogens (tertiary/aromatic N) is 1. The predicted octanol–water partition coefficient (Wildman–Crippen LogP) is -2.20. The number of aliphatic imine (C=N–C) groups is 1. The second-order valence-electron chi connectivity index (χ2n) is 3.57. The Labute approximate surface area is 147 Å². The minimum absolute atomic E-state index is 0. The normalized spacial score (nSPS) is 10.5. The number of hydrogen-bond donors (Lipinski definition) is 1. The van der Waals surface area contributed by atoms with Gasteiger partial charge in [-0.05, 0) is 5.90 Å². The third-order valence-corrected chi connectivity index (χ3v) is 2.54. The average Bonchev–Trinajstić information content (AvgIpc) is 2.39. The van der Waals surface area contributed by atoms with Gasteiger partial charge in [0, 0.05) is 18.6 Å². The number of ether oxygens (including phenoxy) is 2. The molecule has 0 fully saturated rings. The molecular weight excluding hydrogens is 313 g/mol. The van der Waals surface area contributed by atoms with Gasteiger partial charge in [0.25, 0.3) is 0 Å². The molecule has 0 aliphatic heterocycles. The molecule has 0 heterocycles. The summed E-state index contributed by atoms with van der Waals surface area (Å²) in [5.41, 5.74) is 0.0944. The van der Waals surface area contributed by atoms with Gasteiger partial charge in [-0.2, -0.15) is 0 Å². The second kappa shape index (κ2) is 8.89. The summed E-state index contributed by atoms with van der Waals surface area (Å²) >= 11 is 5.88. The van der Waals surface area contributed by atoms with Crippen molar-refractivity contribution in [1.29, 1.82) is 0 Å². The summed E-state index contributed by atoms with van der Waals surface area (Å²) in [6.45, 7) is 0. The second-order valence-corrected chi connectivity index (χ2v) is 3.98. The number of ketones is 1. The Hall–Kier alpha value is -1.28. The largest absolute Gasteiger partial charge is 1.00 e. The van der Waals surface area contributed by atoms with Crippen molar-refractivity contribution in [3.05, 3.63) is 17.2 Å². The molecule has 0 amide bonds. The maximum atomic E-state index is 11.5. The first-order valence-corrected chi connectivity index (χ1v) is 5.69. The van der Waals surface area contributed by atoms with Gasteiger partial charge in [-0.1, -0.05) is 11.6 Å². The molecule has 7 nitrogen and oxygen atoms in total. The van der Waals surface area contributed by atoms with Crippen LogP contribution in [0.4, 0.5) is 5.69 Å². The van der Waals surface area contributed by atoms with Crippen LogP contribution in [0, 0.1) is 0 Å². The maximum absolute atomic E-state index is 11.5. The molecule has 0 radical (unpaired) electrons.